The molecule has 3 aromatic rings. The summed E-state index contributed by atoms with van der Waals surface area (Å²) in [6, 6.07) is 16.7. The highest BCUT2D eigenvalue weighted by Crippen LogP contribution is 2.29. The van der Waals surface area contributed by atoms with Crippen molar-refractivity contribution in [3.63, 3.8) is 0 Å². The molecule has 148 valence electrons. The average molecular weight is 390 g/mol. The molecule has 1 aliphatic heterocycles. The highest BCUT2D eigenvalue weighted by molar-refractivity contribution is 6.04. The second kappa shape index (κ2) is 9.16. The van der Waals surface area contributed by atoms with Crippen molar-refractivity contribution < 1.29 is 14.3 Å². The zero-order valence-electron chi connectivity index (χ0n) is 15.9. The predicted molar refractivity (Wildman–Crippen MR) is 110 cm³/mol. The largest absolute Gasteiger partial charge is 0.455 e. The Bertz CT molecular complexity index is 942. The van der Waals surface area contributed by atoms with Gasteiger partial charge in [-0.2, -0.15) is 0 Å². The minimum atomic E-state index is -0.306. The fourth-order valence-corrected chi connectivity index (χ4v) is 3.02. The van der Waals surface area contributed by atoms with E-state index in [-0.39, 0.29) is 12.0 Å². The predicted octanol–water partition coefficient (Wildman–Crippen LogP) is 4.11. The van der Waals surface area contributed by atoms with E-state index < -0.39 is 0 Å². The lowest BCUT2D eigenvalue weighted by molar-refractivity contribution is 0.102. The normalized spacial score (nSPS) is 15.7. The SMILES string of the molecule is O=C(Nc1ccccc1Oc1ccccc1)c1cnc(NCC2CCCO2)nc1. The molecule has 0 bridgehead atoms. The summed E-state index contributed by atoms with van der Waals surface area (Å²) in [4.78, 5) is 21.1. The number of carbonyl (C=O) groups excluding carboxylic acids is 1. The first-order valence-corrected chi connectivity index (χ1v) is 9.59. The Morgan fingerprint density at radius 1 is 1.07 bits per heavy atom. The van der Waals surface area contributed by atoms with Crippen molar-refractivity contribution in [3.05, 3.63) is 72.6 Å². The number of amides is 1. The van der Waals surface area contributed by atoms with Crippen molar-refractivity contribution in [1.29, 1.82) is 0 Å². The topological polar surface area (TPSA) is 85.4 Å². The second-order valence-electron chi connectivity index (χ2n) is 6.68. The zero-order chi connectivity index (χ0) is 19.9. The average Bonchev–Trinajstić information content (AvgIpc) is 3.28. The van der Waals surface area contributed by atoms with Gasteiger partial charge in [0.1, 0.15) is 5.75 Å². The number of rotatable bonds is 7. The van der Waals surface area contributed by atoms with Crippen LogP contribution in [-0.2, 0) is 4.74 Å². The molecule has 2 N–H and O–H groups in total. The van der Waals surface area contributed by atoms with E-state index in [4.69, 9.17) is 9.47 Å². The molecule has 0 saturated carbocycles. The zero-order valence-corrected chi connectivity index (χ0v) is 15.9. The number of nitrogens with zero attached hydrogens (tertiary/aromatic N) is 2. The summed E-state index contributed by atoms with van der Waals surface area (Å²) in [7, 11) is 0. The molecule has 2 heterocycles. The van der Waals surface area contributed by atoms with Crippen molar-refractivity contribution >= 4 is 17.5 Å². The molecular weight excluding hydrogens is 368 g/mol. The van der Waals surface area contributed by atoms with Gasteiger partial charge in [0.2, 0.25) is 5.95 Å². The lowest BCUT2D eigenvalue weighted by atomic mass is 10.2. The van der Waals surface area contributed by atoms with Crippen LogP contribution in [0.15, 0.2) is 67.0 Å². The standard InChI is InChI=1S/C22H22N4O3/c27-21(16-13-23-22(24-14-16)25-15-18-9-6-12-28-18)26-19-10-4-5-11-20(19)29-17-7-2-1-3-8-17/h1-5,7-8,10-11,13-14,18H,6,9,12,15H2,(H,26,27)(H,23,24,25). The number of aromatic nitrogens is 2. The first-order chi connectivity index (χ1) is 14.3. The summed E-state index contributed by atoms with van der Waals surface area (Å²) in [5.41, 5.74) is 0.934. The quantitative estimate of drug-likeness (QED) is 0.631. The van der Waals surface area contributed by atoms with Crippen LogP contribution in [0.4, 0.5) is 11.6 Å². The third-order valence-corrected chi connectivity index (χ3v) is 4.53. The Balaban J connectivity index is 1.39. The van der Waals surface area contributed by atoms with Gasteiger partial charge in [-0.1, -0.05) is 30.3 Å². The summed E-state index contributed by atoms with van der Waals surface area (Å²) < 4.78 is 11.4. The van der Waals surface area contributed by atoms with Gasteiger partial charge in [-0.05, 0) is 37.1 Å². The molecule has 1 saturated heterocycles. The molecule has 29 heavy (non-hydrogen) atoms. The Labute approximate surface area is 169 Å². The molecule has 0 aliphatic carbocycles. The monoisotopic (exact) mass is 390 g/mol. The number of hydrogen-bond acceptors (Lipinski definition) is 6. The van der Waals surface area contributed by atoms with E-state index in [9.17, 15) is 4.79 Å². The fraction of sp³-hybridized carbons (Fsp3) is 0.227. The Hall–Kier alpha value is -3.45. The minimum Gasteiger partial charge on any atom is -0.455 e. The number of para-hydroxylation sites is 3. The molecular formula is C22H22N4O3. The highest BCUT2D eigenvalue weighted by Gasteiger charge is 2.16. The van der Waals surface area contributed by atoms with Gasteiger partial charge in [0.05, 0.1) is 17.4 Å². The molecule has 1 aromatic heterocycles. The van der Waals surface area contributed by atoms with Crippen LogP contribution in [0.1, 0.15) is 23.2 Å². The van der Waals surface area contributed by atoms with Gasteiger partial charge in [-0.15, -0.1) is 0 Å². The van der Waals surface area contributed by atoms with Crippen molar-refractivity contribution in [3.8, 4) is 11.5 Å². The molecule has 1 aliphatic rings. The number of carbonyl (C=O) groups is 1. The van der Waals surface area contributed by atoms with Crippen LogP contribution in [0.25, 0.3) is 0 Å². The third kappa shape index (κ3) is 5.08. The van der Waals surface area contributed by atoms with Crippen LogP contribution in [0.5, 0.6) is 11.5 Å². The summed E-state index contributed by atoms with van der Waals surface area (Å²) in [6.07, 6.45) is 5.32. The highest BCUT2D eigenvalue weighted by atomic mass is 16.5. The Morgan fingerprint density at radius 2 is 1.83 bits per heavy atom. The summed E-state index contributed by atoms with van der Waals surface area (Å²) in [5, 5.41) is 6.00. The molecule has 1 amide bonds. The third-order valence-electron chi connectivity index (χ3n) is 4.53. The lowest BCUT2D eigenvalue weighted by Gasteiger charge is -2.12. The van der Waals surface area contributed by atoms with Crippen LogP contribution in [0.3, 0.4) is 0 Å². The summed E-state index contributed by atoms with van der Waals surface area (Å²) >= 11 is 0. The van der Waals surface area contributed by atoms with E-state index >= 15 is 0 Å². The van der Waals surface area contributed by atoms with Gasteiger partial charge in [-0.3, -0.25) is 4.79 Å². The van der Waals surface area contributed by atoms with Crippen molar-refractivity contribution in [2.75, 3.05) is 23.8 Å². The number of benzene rings is 2. The first kappa shape index (κ1) is 18.9. The van der Waals surface area contributed by atoms with E-state index in [0.29, 0.717) is 35.2 Å². The van der Waals surface area contributed by atoms with Crippen molar-refractivity contribution in [2.45, 2.75) is 18.9 Å². The van der Waals surface area contributed by atoms with Crippen LogP contribution in [-0.4, -0.2) is 35.1 Å². The second-order valence-corrected chi connectivity index (χ2v) is 6.68. The van der Waals surface area contributed by atoms with Crippen LogP contribution in [0.2, 0.25) is 0 Å². The minimum absolute atomic E-state index is 0.197. The molecule has 7 heteroatoms. The van der Waals surface area contributed by atoms with E-state index in [1.165, 1.54) is 12.4 Å². The van der Waals surface area contributed by atoms with E-state index in [2.05, 4.69) is 20.6 Å². The lowest BCUT2D eigenvalue weighted by Crippen LogP contribution is -2.20. The Kier molecular flexibility index (Phi) is 5.97. The van der Waals surface area contributed by atoms with Gasteiger partial charge in [0.15, 0.2) is 5.75 Å². The fourth-order valence-electron chi connectivity index (χ4n) is 3.02. The van der Waals surface area contributed by atoms with Gasteiger partial charge < -0.3 is 20.1 Å². The maximum absolute atomic E-state index is 12.6. The molecule has 0 spiro atoms. The van der Waals surface area contributed by atoms with Crippen molar-refractivity contribution in [2.24, 2.45) is 0 Å². The molecule has 7 nitrogen and oxygen atoms in total. The summed E-state index contributed by atoms with van der Waals surface area (Å²) in [6.45, 7) is 1.47. The van der Waals surface area contributed by atoms with Gasteiger partial charge >= 0.3 is 0 Å². The maximum atomic E-state index is 12.6. The van der Waals surface area contributed by atoms with Gasteiger partial charge in [0, 0.05) is 25.5 Å². The maximum Gasteiger partial charge on any atom is 0.258 e. The van der Waals surface area contributed by atoms with Crippen LogP contribution in [0, 0.1) is 0 Å². The van der Waals surface area contributed by atoms with Crippen LogP contribution < -0.4 is 15.4 Å². The Morgan fingerprint density at radius 3 is 2.59 bits per heavy atom. The van der Waals surface area contributed by atoms with E-state index in [1.807, 2.05) is 42.5 Å². The van der Waals surface area contributed by atoms with E-state index in [1.54, 1.807) is 12.1 Å². The molecule has 2 aromatic carbocycles. The first-order valence-electron chi connectivity index (χ1n) is 9.59. The summed E-state index contributed by atoms with van der Waals surface area (Å²) in [5.74, 6) is 1.42. The van der Waals surface area contributed by atoms with Crippen molar-refractivity contribution in [1.82, 2.24) is 9.97 Å². The van der Waals surface area contributed by atoms with Gasteiger partial charge in [-0.25, -0.2) is 9.97 Å². The number of nitrogens with one attached hydrogen (secondary N) is 2. The number of ether oxygens (including phenoxy) is 2. The van der Waals surface area contributed by atoms with Gasteiger partial charge in [0.25, 0.3) is 5.91 Å². The number of anilines is 2. The molecule has 1 unspecified atom stereocenters. The number of hydrogen-bond donors (Lipinski definition) is 2. The smallest absolute Gasteiger partial charge is 0.258 e. The molecule has 1 atom stereocenters. The molecule has 4 rings (SSSR count). The molecule has 0 radical (unpaired) electrons. The molecule has 1 fully saturated rings. The van der Waals surface area contributed by atoms with E-state index in [0.717, 1.165) is 19.4 Å². The van der Waals surface area contributed by atoms with Crippen LogP contribution >= 0.6 is 0 Å².